The van der Waals surface area contributed by atoms with Crippen LogP contribution in [0.5, 0.6) is 0 Å². The van der Waals surface area contributed by atoms with Gasteiger partial charge in [0.1, 0.15) is 11.8 Å². The lowest BCUT2D eigenvalue weighted by Gasteiger charge is -2.02. The van der Waals surface area contributed by atoms with Crippen LogP contribution in [0.25, 0.3) is 0 Å². The van der Waals surface area contributed by atoms with Crippen molar-refractivity contribution in [1.29, 1.82) is 5.26 Å². The lowest BCUT2D eigenvalue weighted by atomic mass is 10.2. The Hall–Kier alpha value is -1.57. The Morgan fingerprint density at radius 2 is 2.18 bits per heavy atom. The third-order valence-corrected chi connectivity index (χ3v) is 3.29. The predicted molar refractivity (Wildman–Crippen MR) is 67.8 cm³/mol. The molecule has 3 nitrogen and oxygen atoms in total. The highest BCUT2D eigenvalue weighted by Gasteiger charge is 2.03. The van der Waals surface area contributed by atoms with Gasteiger partial charge in [0.25, 0.3) is 0 Å². The van der Waals surface area contributed by atoms with Gasteiger partial charge in [-0.2, -0.15) is 5.26 Å². The van der Waals surface area contributed by atoms with Gasteiger partial charge < -0.3 is 0 Å². The molecular formula is C12H8ClN3S. The molecule has 2 heterocycles. The topological polar surface area (TPSA) is 49.6 Å². The predicted octanol–water partition coefficient (Wildman–Crippen LogP) is 3.29. The molecule has 0 unspecified atom stereocenters. The molecule has 0 aliphatic carbocycles. The van der Waals surface area contributed by atoms with Crippen molar-refractivity contribution < 1.29 is 0 Å². The fraction of sp³-hybridized carbons (Fsp3) is 0.0833. The van der Waals surface area contributed by atoms with Gasteiger partial charge in [-0.3, -0.25) is 0 Å². The largest absolute Gasteiger partial charge is 0.248 e. The summed E-state index contributed by atoms with van der Waals surface area (Å²) in [4.78, 5) is 8.18. The van der Waals surface area contributed by atoms with Gasteiger partial charge in [-0.05, 0) is 23.8 Å². The van der Waals surface area contributed by atoms with Crippen molar-refractivity contribution in [3.8, 4) is 6.07 Å². The molecule has 0 saturated heterocycles. The number of hydrogen-bond acceptors (Lipinski definition) is 4. The summed E-state index contributed by atoms with van der Waals surface area (Å²) < 4.78 is 0. The van der Waals surface area contributed by atoms with Crippen molar-refractivity contribution in [1.82, 2.24) is 9.97 Å². The quantitative estimate of drug-likeness (QED) is 0.796. The van der Waals surface area contributed by atoms with Gasteiger partial charge in [-0.25, -0.2) is 9.97 Å². The summed E-state index contributed by atoms with van der Waals surface area (Å²) in [6.45, 7) is 0. The number of halogens is 1. The maximum Gasteiger partial charge on any atom is 0.144 e. The van der Waals surface area contributed by atoms with Crippen LogP contribution in [0.2, 0.25) is 5.02 Å². The highest BCUT2D eigenvalue weighted by molar-refractivity contribution is 7.98. The first kappa shape index (κ1) is 11.9. The van der Waals surface area contributed by atoms with E-state index in [1.165, 1.54) is 0 Å². The van der Waals surface area contributed by atoms with E-state index in [1.807, 2.05) is 18.2 Å². The summed E-state index contributed by atoms with van der Waals surface area (Å²) in [6.07, 6.45) is 3.23. The zero-order chi connectivity index (χ0) is 12.1. The molecule has 17 heavy (non-hydrogen) atoms. The van der Waals surface area contributed by atoms with E-state index in [9.17, 15) is 0 Å². The Morgan fingerprint density at radius 1 is 1.29 bits per heavy atom. The lowest BCUT2D eigenvalue weighted by Crippen LogP contribution is -1.91. The van der Waals surface area contributed by atoms with E-state index in [0.717, 1.165) is 10.6 Å². The summed E-state index contributed by atoms with van der Waals surface area (Å²) in [5.41, 5.74) is 1.38. The van der Waals surface area contributed by atoms with E-state index in [2.05, 4.69) is 16.0 Å². The van der Waals surface area contributed by atoms with E-state index in [-0.39, 0.29) is 0 Å². The molecule has 0 radical (unpaired) electrons. The van der Waals surface area contributed by atoms with Crippen molar-refractivity contribution in [2.24, 2.45) is 0 Å². The highest BCUT2D eigenvalue weighted by Crippen LogP contribution is 2.22. The van der Waals surface area contributed by atoms with Crippen LogP contribution < -0.4 is 0 Å². The second-order valence-electron chi connectivity index (χ2n) is 3.23. The van der Waals surface area contributed by atoms with Crippen molar-refractivity contribution in [3.05, 3.63) is 52.9 Å². The maximum absolute atomic E-state index is 8.90. The van der Waals surface area contributed by atoms with Crippen molar-refractivity contribution >= 4 is 23.4 Å². The van der Waals surface area contributed by atoms with E-state index >= 15 is 0 Å². The van der Waals surface area contributed by atoms with Gasteiger partial charge in [0.15, 0.2) is 0 Å². The summed E-state index contributed by atoms with van der Waals surface area (Å²) in [5, 5.41) is 10.4. The Morgan fingerprint density at radius 3 is 2.88 bits per heavy atom. The van der Waals surface area contributed by atoms with Crippen molar-refractivity contribution in [3.63, 3.8) is 0 Å². The third-order valence-electron chi connectivity index (χ3n) is 2.07. The molecule has 0 bridgehead atoms. The molecule has 2 aromatic rings. The molecule has 2 rings (SSSR count). The number of pyridine rings is 2. The summed E-state index contributed by atoms with van der Waals surface area (Å²) in [6, 6.07) is 9.45. The first-order chi connectivity index (χ1) is 8.29. The number of nitriles is 1. The Labute approximate surface area is 108 Å². The van der Waals surface area contributed by atoms with Crippen LogP contribution in [0.1, 0.15) is 11.3 Å². The van der Waals surface area contributed by atoms with E-state index in [1.54, 1.807) is 30.2 Å². The SMILES string of the molecule is N#Cc1ncccc1CSc1ccc(Cl)cn1. The van der Waals surface area contributed by atoms with Gasteiger partial charge in [-0.15, -0.1) is 11.8 Å². The molecule has 0 aromatic carbocycles. The monoisotopic (exact) mass is 261 g/mol. The molecule has 0 atom stereocenters. The summed E-state index contributed by atoms with van der Waals surface area (Å²) in [7, 11) is 0. The first-order valence-corrected chi connectivity index (χ1v) is 6.24. The second kappa shape index (κ2) is 5.67. The molecule has 0 aliphatic rings. The maximum atomic E-state index is 8.90. The minimum atomic E-state index is 0.467. The van der Waals surface area contributed by atoms with E-state index < -0.39 is 0 Å². The first-order valence-electron chi connectivity index (χ1n) is 4.88. The number of thioether (sulfide) groups is 1. The highest BCUT2D eigenvalue weighted by atomic mass is 35.5. The number of aromatic nitrogens is 2. The molecule has 0 aliphatic heterocycles. The van der Waals surface area contributed by atoms with Crippen LogP contribution >= 0.6 is 23.4 Å². The van der Waals surface area contributed by atoms with Gasteiger partial charge in [0.2, 0.25) is 0 Å². The van der Waals surface area contributed by atoms with Crippen molar-refractivity contribution in [2.45, 2.75) is 10.8 Å². The zero-order valence-electron chi connectivity index (χ0n) is 8.80. The molecule has 0 N–H and O–H groups in total. The normalized spacial score (nSPS) is 9.88. The number of hydrogen-bond donors (Lipinski definition) is 0. The Balaban J connectivity index is 2.08. The lowest BCUT2D eigenvalue weighted by molar-refractivity contribution is 1.13. The Kier molecular flexibility index (Phi) is 3.97. The average Bonchev–Trinajstić information content (AvgIpc) is 2.38. The molecule has 5 heteroatoms. The van der Waals surface area contributed by atoms with Crippen LogP contribution in [-0.4, -0.2) is 9.97 Å². The van der Waals surface area contributed by atoms with Gasteiger partial charge >= 0.3 is 0 Å². The molecule has 84 valence electrons. The van der Waals surface area contributed by atoms with Gasteiger partial charge in [-0.1, -0.05) is 17.7 Å². The second-order valence-corrected chi connectivity index (χ2v) is 4.66. The molecule has 0 amide bonds. The van der Waals surface area contributed by atoms with Gasteiger partial charge in [0.05, 0.1) is 10.0 Å². The van der Waals surface area contributed by atoms with Crippen LogP contribution in [0, 0.1) is 11.3 Å². The van der Waals surface area contributed by atoms with E-state index in [4.69, 9.17) is 16.9 Å². The number of nitrogens with zero attached hydrogens (tertiary/aromatic N) is 3. The van der Waals surface area contributed by atoms with Crippen LogP contribution in [0.4, 0.5) is 0 Å². The minimum Gasteiger partial charge on any atom is -0.248 e. The zero-order valence-corrected chi connectivity index (χ0v) is 10.4. The van der Waals surface area contributed by atoms with Crippen molar-refractivity contribution in [2.75, 3.05) is 0 Å². The van der Waals surface area contributed by atoms with Crippen LogP contribution in [0.15, 0.2) is 41.7 Å². The fourth-order valence-corrected chi connectivity index (χ4v) is 2.19. The minimum absolute atomic E-state index is 0.467. The molecule has 0 saturated carbocycles. The van der Waals surface area contributed by atoms with Gasteiger partial charge in [0, 0.05) is 18.1 Å². The molecular weight excluding hydrogens is 254 g/mol. The Bertz CT molecular complexity index is 548. The molecule has 0 fully saturated rings. The molecule has 0 spiro atoms. The summed E-state index contributed by atoms with van der Waals surface area (Å²) >= 11 is 7.30. The summed E-state index contributed by atoms with van der Waals surface area (Å²) in [5.74, 6) is 0.672. The smallest absolute Gasteiger partial charge is 0.144 e. The fourth-order valence-electron chi connectivity index (χ4n) is 1.26. The third kappa shape index (κ3) is 3.19. The standard InChI is InChI=1S/C12H8ClN3S/c13-10-3-4-12(16-7-10)17-8-9-2-1-5-15-11(9)6-14/h1-5,7H,8H2. The van der Waals surface area contributed by atoms with E-state index in [0.29, 0.717) is 16.5 Å². The van der Waals surface area contributed by atoms with Crippen LogP contribution in [0.3, 0.4) is 0 Å². The average molecular weight is 262 g/mol. The molecule has 2 aromatic heterocycles. The number of rotatable bonds is 3. The van der Waals surface area contributed by atoms with Crippen LogP contribution in [-0.2, 0) is 5.75 Å².